The van der Waals surface area contributed by atoms with Crippen LogP contribution in [0.1, 0.15) is 18.9 Å². The van der Waals surface area contributed by atoms with Crippen LogP contribution in [0.2, 0.25) is 5.02 Å². The summed E-state index contributed by atoms with van der Waals surface area (Å²) in [4.78, 5) is 22.2. The maximum absolute atomic E-state index is 12.9. The Labute approximate surface area is 114 Å². The lowest BCUT2D eigenvalue weighted by atomic mass is 10.2. The van der Waals surface area contributed by atoms with Gasteiger partial charge in [0.15, 0.2) is 0 Å². The minimum Gasteiger partial charge on any atom is -0.480 e. The van der Waals surface area contributed by atoms with E-state index in [4.69, 9.17) is 16.7 Å². The fourth-order valence-corrected chi connectivity index (χ4v) is 1.54. The molecule has 0 heterocycles. The number of amides is 1. The minimum absolute atomic E-state index is 0.0421. The van der Waals surface area contributed by atoms with E-state index in [0.29, 0.717) is 5.56 Å². The van der Waals surface area contributed by atoms with Gasteiger partial charge in [-0.1, -0.05) is 24.6 Å². The molecule has 0 saturated carbocycles. The second-order valence-corrected chi connectivity index (χ2v) is 4.22. The van der Waals surface area contributed by atoms with Crippen LogP contribution in [0.25, 0.3) is 6.08 Å². The standard InChI is InChI=1S/C13H13ClFNO3/c1-2-11(13(18)19)16-12(17)6-4-8-3-5-10(15)9(14)7-8/h3-7,11H,2H2,1H3,(H,16,17)(H,18,19)/b6-4+/t11-/m0/s1. The summed E-state index contributed by atoms with van der Waals surface area (Å²) >= 11 is 5.59. The van der Waals surface area contributed by atoms with Crippen molar-refractivity contribution in [2.75, 3.05) is 0 Å². The number of carboxylic acids is 1. The smallest absolute Gasteiger partial charge is 0.326 e. The molecule has 0 aliphatic carbocycles. The molecule has 6 heteroatoms. The molecule has 1 rings (SSSR count). The molecule has 0 unspecified atom stereocenters. The van der Waals surface area contributed by atoms with Gasteiger partial charge in [-0.2, -0.15) is 0 Å². The molecule has 0 saturated heterocycles. The first-order valence-electron chi connectivity index (χ1n) is 5.60. The van der Waals surface area contributed by atoms with Gasteiger partial charge in [-0.25, -0.2) is 9.18 Å². The molecule has 0 fully saturated rings. The molecular formula is C13H13ClFNO3. The molecule has 0 aromatic heterocycles. The molecule has 1 atom stereocenters. The van der Waals surface area contributed by atoms with Gasteiger partial charge in [0.25, 0.3) is 0 Å². The van der Waals surface area contributed by atoms with Crippen molar-refractivity contribution < 1.29 is 19.1 Å². The molecule has 4 nitrogen and oxygen atoms in total. The molecule has 0 aliphatic rings. The van der Waals surface area contributed by atoms with Crippen LogP contribution in [-0.2, 0) is 9.59 Å². The van der Waals surface area contributed by atoms with Crippen LogP contribution in [0.5, 0.6) is 0 Å². The maximum Gasteiger partial charge on any atom is 0.326 e. The summed E-state index contributed by atoms with van der Waals surface area (Å²) in [7, 11) is 0. The molecular weight excluding hydrogens is 273 g/mol. The fourth-order valence-electron chi connectivity index (χ4n) is 1.35. The quantitative estimate of drug-likeness (QED) is 0.817. The molecule has 0 aliphatic heterocycles. The summed E-state index contributed by atoms with van der Waals surface area (Å²) < 4.78 is 12.9. The van der Waals surface area contributed by atoms with Crippen molar-refractivity contribution in [1.29, 1.82) is 0 Å². The summed E-state index contributed by atoms with van der Waals surface area (Å²) in [5.41, 5.74) is 0.546. The van der Waals surface area contributed by atoms with E-state index in [1.807, 2.05) is 0 Å². The predicted molar refractivity (Wildman–Crippen MR) is 70.3 cm³/mol. The third-order valence-corrected chi connectivity index (χ3v) is 2.68. The summed E-state index contributed by atoms with van der Waals surface area (Å²) in [6, 6.07) is 3.09. The van der Waals surface area contributed by atoms with E-state index in [1.165, 1.54) is 30.4 Å². The van der Waals surface area contributed by atoms with Crippen molar-refractivity contribution in [3.8, 4) is 0 Å². The zero-order valence-corrected chi connectivity index (χ0v) is 10.9. The number of nitrogens with one attached hydrogen (secondary N) is 1. The third-order valence-electron chi connectivity index (χ3n) is 2.39. The monoisotopic (exact) mass is 285 g/mol. The summed E-state index contributed by atoms with van der Waals surface area (Å²) in [6.07, 6.45) is 2.89. The molecule has 0 radical (unpaired) electrons. The van der Waals surface area contributed by atoms with Crippen molar-refractivity contribution >= 4 is 29.6 Å². The lowest BCUT2D eigenvalue weighted by molar-refractivity contribution is -0.141. The number of benzene rings is 1. The van der Waals surface area contributed by atoms with E-state index in [1.54, 1.807) is 6.92 Å². The number of hydrogen-bond acceptors (Lipinski definition) is 2. The maximum atomic E-state index is 12.9. The van der Waals surface area contributed by atoms with Crippen molar-refractivity contribution in [2.45, 2.75) is 19.4 Å². The zero-order valence-electron chi connectivity index (χ0n) is 10.2. The highest BCUT2D eigenvalue weighted by Gasteiger charge is 2.15. The van der Waals surface area contributed by atoms with E-state index in [2.05, 4.69) is 5.32 Å². The van der Waals surface area contributed by atoms with Crippen LogP contribution in [-0.4, -0.2) is 23.0 Å². The highest BCUT2D eigenvalue weighted by Crippen LogP contribution is 2.16. The second-order valence-electron chi connectivity index (χ2n) is 3.81. The molecule has 1 amide bonds. The Kier molecular flexibility index (Phi) is 5.51. The summed E-state index contributed by atoms with van der Waals surface area (Å²) in [6.45, 7) is 1.66. The Morgan fingerprint density at radius 3 is 2.74 bits per heavy atom. The Hall–Kier alpha value is -1.88. The van der Waals surface area contributed by atoms with Gasteiger partial charge in [-0.15, -0.1) is 0 Å². The van der Waals surface area contributed by atoms with Crippen LogP contribution in [0.3, 0.4) is 0 Å². The van der Waals surface area contributed by atoms with Gasteiger partial charge in [0, 0.05) is 6.08 Å². The minimum atomic E-state index is -1.09. The van der Waals surface area contributed by atoms with Gasteiger partial charge >= 0.3 is 5.97 Å². The van der Waals surface area contributed by atoms with Crippen LogP contribution in [0.4, 0.5) is 4.39 Å². The van der Waals surface area contributed by atoms with Gasteiger partial charge in [0.2, 0.25) is 5.91 Å². The molecule has 1 aromatic rings. The Morgan fingerprint density at radius 1 is 1.53 bits per heavy atom. The lowest BCUT2D eigenvalue weighted by Gasteiger charge is -2.09. The SMILES string of the molecule is CC[C@H](NC(=O)/C=C/c1ccc(F)c(Cl)c1)C(=O)O. The van der Waals surface area contributed by atoms with Gasteiger partial charge in [-0.3, -0.25) is 4.79 Å². The van der Waals surface area contributed by atoms with E-state index in [9.17, 15) is 14.0 Å². The van der Waals surface area contributed by atoms with Gasteiger partial charge in [-0.05, 0) is 30.2 Å². The van der Waals surface area contributed by atoms with Gasteiger partial charge in [0.05, 0.1) is 5.02 Å². The molecule has 0 bridgehead atoms. The van der Waals surface area contributed by atoms with Crippen LogP contribution in [0.15, 0.2) is 24.3 Å². The first kappa shape index (κ1) is 15.2. The zero-order chi connectivity index (χ0) is 14.4. The molecule has 102 valence electrons. The second kappa shape index (κ2) is 6.89. The fraction of sp³-hybridized carbons (Fsp3) is 0.231. The van der Waals surface area contributed by atoms with E-state index in [0.717, 1.165) is 0 Å². The van der Waals surface area contributed by atoms with Crippen molar-refractivity contribution in [2.24, 2.45) is 0 Å². The van der Waals surface area contributed by atoms with Gasteiger partial charge in [0.1, 0.15) is 11.9 Å². The molecule has 1 aromatic carbocycles. The third kappa shape index (κ3) is 4.71. The molecule has 2 N–H and O–H groups in total. The Balaban J connectivity index is 2.68. The average molecular weight is 286 g/mol. The van der Waals surface area contributed by atoms with Crippen molar-refractivity contribution in [3.63, 3.8) is 0 Å². The average Bonchev–Trinajstić information content (AvgIpc) is 2.37. The molecule has 0 spiro atoms. The first-order valence-corrected chi connectivity index (χ1v) is 5.98. The van der Waals surface area contributed by atoms with Crippen LogP contribution >= 0.6 is 11.6 Å². The number of rotatable bonds is 5. The van der Waals surface area contributed by atoms with Crippen molar-refractivity contribution in [3.05, 3.63) is 40.7 Å². The largest absolute Gasteiger partial charge is 0.480 e. The highest BCUT2D eigenvalue weighted by molar-refractivity contribution is 6.30. The van der Waals surface area contributed by atoms with E-state index in [-0.39, 0.29) is 11.4 Å². The lowest BCUT2D eigenvalue weighted by Crippen LogP contribution is -2.39. The van der Waals surface area contributed by atoms with E-state index >= 15 is 0 Å². The highest BCUT2D eigenvalue weighted by atomic mass is 35.5. The topological polar surface area (TPSA) is 66.4 Å². The van der Waals surface area contributed by atoms with Gasteiger partial charge < -0.3 is 10.4 Å². The number of halogens is 2. The Morgan fingerprint density at radius 2 is 2.21 bits per heavy atom. The number of carbonyl (C=O) groups excluding carboxylic acids is 1. The van der Waals surface area contributed by atoms with E-state index < -0.39 is 23.7 Å². The first-order chi connectivity index (χ1) is 8.93. The number of aliphatic carboxylic acids is 1. The predicted octanol–water partition coefficient (Wildman–Crippen LogP) is 2.47. The normalized spacial score (nSPS) is 12.4. The molecule has 19 heavy (non-hydrogen) atoms. The number of hydrogen-bond donors (Lipinski definition) is 2. The summed E-state index contributed by atoms with van der Waals surface area (Å²) in [5.74, 6) is -2.16. The van der Waals surface area contributed by atoms with Crippen LogP contribution in [0, 0.1) is 5.82 Å². The Bertz CT molecular complexity index is 517. The van der Waals surface area contributed by atoms with Crippen LogP contribution < -0.4 is 5.32 Å². The summed E-state index contributed by atoms with van der Waals surface area (Å²) in [5, 5.41) is 11.1. The number of carboxylic acid groups (broad SMARTS) is 1. The van der Waals surface area contributed by atoms with Crippen molar-refractivity contribution in [1.82, 2.24) is 5.32 Å². The number of carbonyl (C=O) groups is 2.